The third-order valence-corrected chi connectivity index (χ3v) is 4.63. The molecule has 1 aromatic carbocycles. The summed E-state index contributed by atoms with van der Waals surface area (Å²) in [6, 6.07) is 10.7. The van der Waals surface area contributed by atoms with Gasteiger partial charge in [0.2, 0.25) is 0 Å². The van der Waals surface area contributed by atoms with Crippen LogP contribution >= 0.6 is 11.3 Å². The lowest BCUT2D eigenvalue weighted by molar-refractivity contribution is 0.306. The molecular formula is C18H25NOS. The molecule has 0 aliphatic carbocycles. The Hall–Kier alpha value is -1.32. The van der Waals surface area contributed by atoms with Gasteiger partial charge in [-0.25, -0.2) is 0 Å². The van der Waals surface area contributed by atoms with Gasteiger partial charge >= 0.3 is 0 Å². The average Bonchev–Trinajstić information content (AvgIpc) is 2.76. The van der Waals surface area contributed by atoms with Gasteiger partial charge in [-0.15, -0.1) is 11.3 Å². The van der Waals surface area contributed by atoms with Gasteiger partial charge in [-0.05, 0) is 43.1 Å². The van der Waals surface area contributed by atoms with Crippen molar-refractivity contribution in [1.29, 1.82) is 0 Å². The summed E-state index contributed by atoms with van der Waals surface area (Å²) >= 11 is 1.84. The molecule has 1 aromatic heterocycles. The Kier molecular flexibility index (Phi) is 5.07. The average molecular weight is 303 g/mol. The third kappa shape index (κ3) is 4.32. The molecule has 0 amide bonds. The summed E-state index contributed by atoms with van der Waals surface area (Å²) in [5.74, 6) is 0.934. The number of aryl methyl sites for hydroxylation is 1. The van der Waals surface area contributed by atoms with Crippen LogP contribution in [0.5, 0.6) is 5.75 Å². The largest absolute Gasteiger partial charge is 0.489 e. The summed E-state index contributed by atoms with van der Waals surface area (Å²) in [7, 11) is 1.97. The van der Waals surface area contributed by atoms with E-state index in [1.54, 1.807) is 0 Å². The van der Waals surface area contributed by atoms with E-state index in [1.807, 2.05) is 18.4 Å². The maximum Gasteiger partial charge on any atom is 0.119 e. The molecule has 0 atom stereocenters. The van der Waals surface area contributed by atoms with Crippen molar-refractivity contribution in [3.05, 3.63) is 51.2 Å². The maximum atomic E-state index is 5.92. The zero-order valence-corrected chi connectivity index (χ0v) is 14.4. The molecule has 0 aliphatic rings. The molecule has 21 heavy (non-hydrogen) atoms. The molecule has 114 valence electrons. The van der Waals surface area contributed by atoms with Gasteiger partial charge in [0.15, 0.2) is 0 Å². The van der Waals surface area contributed by atoms with Crippen molar-refractivity contribution in [2.45, 2.75) is 46.3 Å². The van der Waals surface area contributed by atoms with Crippen LogP contribution in [-0.2, 0) is 18.6 Å². The molecule has 0 fully saturated rings. The molecule has 2 aromatic rings. The fourth-order valence-electron chi connectivity index (χ4n) is 2.20. The number of benzene rings is 1. The van der Waals surface area contributed by atoms with E-state index in [9.17, 15) is 0 Å². The number of hydrogen-bond acceptors (Lipinski definition) is 3. The zero-order chi connectivity index (χ0) is 15.5. The van der Waals surface area contributed by atoms with Gasteiger partial charge in [-0.1, -0.05) is 32.9 Å². The van der Waals surface area contributed by atoms with Gasteiger partial charge in [0, 0.05) is 21.9 Å². The summed E-state index contributed by atoms with van der Waals surface area (Å²) in [4.78, 5) is 2.70. The van der Waals surface area contributed by atoms with Crippen LogP contribution in [0.3, 0.4) is 0 Å². The summed E-state index contributed by atoms with van der Waals surface area (Å²) in [6.07, 6.45) is 0. The molecule has 0 radical (unpaired) electrons. The molecule has 0 unspecified atom stereocenters. The number of nitrogens with one attached hydrogen (secondary N) is 1. The highest BCUT2D eigenvalue weighted by atomic mass is 32.1. The number of thiophene rings is 1. The molecule has 2 nitrogen and oxygen atoms in total. The molecule has 2 rings (SSSR count). The lowest BCUT2D eigenvalue weighted by Crippen LogP contribution is -2.10. The quantitative estimate of drug-likeness (QED) is 0.868. The van der Waals surface area contributed by atoms with E-state index in [0.29, 0.717) is 6.61 Å². The fraction of sp³-hybridized carbons (Fsp3) is 0.444. The Bertz CT molecular complexity index is 578. The molecule has 0 bridgehead atoms. The fourth-order valence-corrected chi connectivity index (χ4v) is 3.26. The monoisotopic (exact) mass is 303 g/mol. The summed E-state index contributed by atoms with van der Waals surface area (Å²) in [6.45, 7) is 10.4. The van der Waals surface area contributed by atoms with Crippen molar-refractivity contribution in [3.63, 3.8) is 0 Å². The third-order valence-electron chi connectivity index (χ3n) is 3.54. The molecular weight excluding hydrogens is 278 g/mol. The SMILES string of the molecule is CNCc1cc(COc2ccc(C(C)(C)C)cc2)c(C)s1. The lowest BCUT2D eigenvalue weighted by atomic mass is 9.87. The first-order valence-electron chi connectivity index (χ1n) is 7.36. The minimum absolute atomic E-state index is 0.185. The summed E-state index contributed by atoms with van der Waals surface area (Å²) in [5, 5.41) is 3.19. The standard InChI is InChI=1S/C18H25NOS/c1-13-14(10-17(21-13)11-19-5)12-20-16-8-6-15(7-9-16)18(2,3)4/h6-10,19H,11-12H2,1-5H3. The summed E-state index contributed by atoms with van der Waals surface area (Å²) < 4.78 is 5.92. The Morgan fingerprint density at radius 2 is 1.81 bits per heavy atom. The van der Waals surface area contributed by atoms with E-state index in [-0.39, 0.29) is 5.41 Å². The van der Waals surface area contributed by atoms with Crippen LogP contribution in [0.2, 0.25) is 0 Å². The van der Waals surface area contributed by atoms with Gasteiger partial charge in [0.1, 0.15) is 12.4 Å². The molecule has 3 heteroatoms. The first kappa shape index (κ1) is 16.1. The van der Waals surface area contributed by atoms with Crippen molar-refractivity contribution >= 4 is 11.3 Å². The van der Waals surface area contributed by atoms with Crippen LogP contribution in [0.15, 0.2) is 30.3 Å². The van der Waals surface area contributed by atoms with Crippen LogP contribution in [0, 0.1) is 6.92 Å². The van der Waals surface area contributed by atoms with Crippen molar-refractivity contribution in [2.24, 2.45) is 0 Å². The van der Waals surface area contributed by atoms with Crippen LogP contribution in [0.1, 0.15) is 41.7 Å². The summed E-state index contributed by atoms with van der Waals surface area (Å²) in [5.41, 5.74) is 2.80. The second-order valence-electron chi connectivity index (χ2n) is 6.39. The lowest BCUT2D eigenvalue weighted by Gasteiger charge is -2.19. The predicted octanol–water partition coefficient (Wildman–Crippen LogP) is 4.65. The highest BCUT2D eigenvalue weighted by Crippen LogP contribution is 2.26. The highest BCUT2D eigenvalue weighted by Gasteiger charge is 2.13. The Labute approximate surface area is 132 Å². The topological polar surface area (TPSA) is 21.3 Å². The number of rotatable bonds is 5. The van der Waals surface area contributed by atoms with E-state index in [4.69, 9.17) is 4.74 Å². The second-order valence-corrected chi connectivity index (χ2v) is 7.73. The zero-order valence-electron chi connectivity index (χ0n) is 13.6. The molecule has 0 saturated carbocycles. The van der Waals surface area contributed by atoms with Gasteiger partial charge in [-0.3, -0.25) is 0 Å². The van der Waals surface area contributed by atoms with Crippen molar-refractivity contribution in [2.75, 3.05) is 7.05 Å². The van der Waals surface area contributed by atoms with Gasteiger partial charge in [0.25, 0.3) is 0 Å². The van der Waals surface area contributed by atoms with Crippen molar-refractivity contribution in [1.82, 2.24) is 5.32 Å². The molecule has 0 aliphatic heterocycles. The first-order valence-corrected chi connectivity index (χ1v) is 8.18. The Balaban J connectivity index is 2.00. The molecule has 1 heterocycles. The Morgan fingerprint density at radius 3 is 2.38 bits per heavy atom. The Morgan fingerprint density at radius 1 is 1.14 bits per heavy atom. The first-order chi connectivity index (χ1) is 9.90. The highest BCUT2D eigenvalue weighted by molar-refractivity contribution is 7.12. The van der Waals surface area contributed by atoms with E-state index >= 15 is 0 Å². The minimum atomic E-state index is 0.185. The van der Waals surface area contributed by atoms with Crippen LogP contribution in [-0.4, -0.2) is 7.05 Å². The van der Waals surface area contributed by atoms with Gasteiger partial charge < -0.3 is 10.1 Å². The van der Waals surface area contributed by atoms with Gasteiger partial charge in [0.05, 0.1) is 0 Å². The normalized spacial score (nSPS) is 11.7. The molecule has 0 saturated heterocycles. The van der Waals surface area contributed by atoms with Crippen LogP contribution < -0.4 is 10.1 Å². The minimum Gasteiger partial charge on any atom is -0.489 e. The second kappa shape index (κ2) is 6.63. The predicted molar refractivity (Wildman–Crippen MR) is 91.3 cm³/mol. The smallest absolute Gasteiger partial charge is 0.119 e. The van der Waals surface area contributed by atoms with Crippen LogP contribution in [0.4, 0.5) is 0 Å². The molecule has 0 spiro atoms. The van der Waals surface area contributed by atoms with E-state index in [2.05, 4.69) is 63.3 Å². The van der Waals surface area contributed by atoms with Crippen LogP contribution in [0.25, 0.3) is 0 Å². The molecule has 1 N–H and O–H groups in total. The van der Waals surface area contributed by atoms with E-state index in [0.717, 1.165) is 12.3 Å². The number of hydrogen-bond donors (Lipinski definition) is 1. The van der Waals surface area contributed by atoms with Crippen molar-refractivity contribution < 1.29 is 4.74 Å². The maximum absolute atomic E-state index is 5.92. The van der Waals surface area contributed by atoms with E-state index < -0.39 is 0 Å². The number of ether oxygens (including phenoxy) is 1. The van der Waals surface area contributed by atoms with Crippen molar-refractivity contribution in [3.8, 4) is 5.75 Å². The van der Waals surface area contributed by atoms with E-state index in [1.165, 1.54) is 20.9 Å². The van der Waals surface area contributed by atoms with Gasteiger partial charge in [-0.2, -0.15) is 0 Å².